The minimum Gasteiger partial charge on any atom is -0.512 e. The second-order valence-corrected chi connectivity index (χ2v) is 16.9. The number of aliphatic hydroxyl groups is 1. The molecule has 3 aromatic heterocycles. The number of allylic oxidation sites excluding steroid dienone is 2. The summed E-state index contributed by atoms with van der Waals surface area (Å²) < 4.78 is 3.24. The monoisotopic (exact) mass is 896 g/mol. The number of thiophene rings is 1. The number of nitrogens with zero attached hydrogens (tertiary/aromatic N) is 2. The van der Waals surface area contributed by atoms with E-state index in [0.29, 0.717) is 5.92 Å². The Bertz CT molecular complexity index is 2010. The number of aromatic nitrogens is 2. The van der Waals surface area contributed by atoms with Crippen molar-refractivity contribution < 1.29 is 34.6 Å². The van der Waals surface area contributed by atoms with Crippen LogP contribution in [0.3, 0.4) is 0 Å². The molecule has 1 radical (unpaired) electrons. The van der Waals surface area contributed by atoms with Gasteiger partial charge in [-0.05, 0) is 84.2 Å². The van der Waals surface area contributed by atoms with Crippen LogP contribution in [0.15, 0.2) is 78.0 Å². The van der Waals surface area contributed by atoms with E-state index in [1.165, 1.54) is 27.3 Å². The molecular weight excluding hydrogens is 837 g/mol. The molecular formula is C46H59IrN2O2S-. The quantitative estimate of drug-likeness (QED) is 0.0622. The van der Waals surface area contributed by atoms with Gasteiger partial charge in [0.25, 0.3) is 0 Å². The first-order valence-corrected chi connectivity index (χ1v) is 19.5. The van der Waals surface area contributed by atoms with Gasteiger partial charge in [0, 0.05) is 44.1 Å². The number of rotatable bonds is 11. The second kappa shape index (κ2) is 17.7. The van der Waals surface area contributed by atoms with Crippen LogP contribution in [0.25, 0.3) is 43.5 Å². The molecule has 1 N–H and O–H groups in total. The Morgan fingerprint density at radius 2 is 1.58 bits per heavy atom. The molecule has 4 nitrogen and oxygen atoms in total. The van der Waals surface area contributed by atoms with Gasteiger partial charge in [-0.2, -0.15) is 0 Å². The maximum atomic E-state index is 12.2. The number of benzene rings is 2. The van der Waals surface area contributed by atoms with Crippen LogP contribution >= 0.6 is 11.3 Å². The summed E-state index contributed by atoms with van der Waals surface area (Å²) in [5.41, 5.74) is 7.40. The molecule has 0 fully saturated rings. The van der Waals surface area contributed by atoms with Gasteiger partial charge >= 0.3 is 0 Å². The molecule has 281 valence electrons. The first-order chi connectivity index (χ1) is 24.0. The average Bonchev–Trinajstić information content (AvgIpc) is 3.59. The third-order valence-electron chi connectivity index (χ3n) is 10.9. The van der Waals surface area contributed by atoms with Crippen LogP contribution in [0.5, 0.6) is 0 Å². The van der Waals surface area contributed by atoms with Crippen LogP contribution in [0.4, 0.5) is 0 Å². The van der Waals surface area contributed by atoms with Gasteiger partial charge in [-0.1, -0.05) is 105 Å². The van der Waals surface area contributed by atoms with E-state index in [1.54, 1.807) is 11.3 Å². The van der Waals surface area contributed by atoms with Gasteiger partial charge in [0.15, 0.2) is 5.78 Å². The zero-order valence-corrected chi connectivity index (χ0v) is 36.5. The topological polar surface area (TPSA) is 54.1 Å². The molecule has 52 heavy (non-hydrogen) atoms. The zero-order valence-electron chi connectivity index (χ0n) is 33.2. The molecule has 0 unspecified atom stereocenters. The predicted molar refractivity (Wildman–Crippen MR) is 218 cm³/mol. The van der Waals surface area contributed by atoms with E-state index in [4.69, 9.17) is 4.98 Å². The largest absolute Gasteiger partial charge is 0.512 e. The maximum Gasteiger partial charge on any atom is 0.164 e. The first kappa shape index (κ1) is 43.1. The number of hydrogen-bond acceptors (Lipinski definition) is 4. The van der Waals surface area contributed by atoms with Crippen LogP contribution < -0.4 is 4.57 Å². The molecule has 0 saturated heterocycles. The van der Waals surface area contributed by atoms with Crippen molar-refractivity contribution in [3.8, 4) is 22.5 Å². The number of carbonyl (C=O) groups excluding carboxylic acids is 1. The van der Waals surface area contributed by atoms with Gasteiger partial charge in [-0.25, -0.2) is 4.98 Å². The van der Waals surface area contributed by atoms with Crippen molar-refractivity contribution in [1.29, 1.82) is 0 Å². The molecule has 0 amide bonds. The molecule has 0 spiro atoms. The summed E-state index contributed by atoms with van der Waals surface area (Å²) in [6.07, 6.45) is 7.84. The number of carbonyl (C=O) groups is 1. The van der Waals surface area contributed by atoms with E-state index in [2.05, 4.69) is 108 Å². The summed E-state index contributed by atoms with van der Waals surface area (Å²) in [5.74, 6) is 0.880. The SMILES string of the molecule is CCC(C)(CC)C(=O)/C=C(\O)C(C)(CC)CC.[CH2-][n+]1ccc(-c2cc(CC(C)C)c3sccc3n2)cc1-c1[c-]c2ccccc2c(C(C)(C)C)c1.[Ir]. The van der Waals surface area contributed by atoms with Gasteiger partial charge in [-0.3, -0.25) is 4.79 Å². The average molecular weight is 896 g/mol. The molecule has 0 aliphatic rings. The van der Waals surface area contributed by atoms with Gasteiger partial charge < -0.3 is 9.67 Å². The first-order valence-electron chi connectivity index (χ1n) is 18.7. The van der Waals surface area contributed by atoms with Gasteiger partial charge in [-0.15, -0.1) is 40.5 Å². The summed E-state index contributed by atoms with van der Waals surface area (Å²) in [5, 5.41) is 14.7. The fraction of sp³-hybridized carbons (Fsp3) is 0.435. The van der Waals surface area contributed by atoms with Gasteiger partial charge in [0.1, 0.15) is 11.5 Å². The number of ketones is 1. The van der Waals surface area contributed by atoms with Crippen molar-refractivity contribution in [2.24, 2.45) is 16.7 Å². The molecule has 0 aliphatic heterocycles. The molecule has 0 bridgehead atoms. The normalized spacial score (nSPS) is 12.5. The van der Waals surface area contributed by atoms with Crippen molar-refractivity contribution in [3.63, 3.8) is 0 Å². The summed E-state index contributed by atoms with van der Waals surface area (Å²) >= 11 is 1.79. The number of aliphatic hydroxyl groups excluding tert-OH is 1. The summed E-state index contributed by atoms with van der Waals surface area (Å²) in [6.45, 7) is 23.4. The van der Waals surface area contributed by atoms with E-state index in [-0.39, 0.29) is 47.9 Å². The van der Waals surface area contributed by atoms with Crippen molar-refractivity contribution >= 4 is 38.1 Å². The second-order valence-electron chi connectivity index (χ2n) is 16.0. The van der Waals surface area contributed by atoms with Crippen molar-refractivity contribution in [2.45, 2.75) is 114 Å². The number of pyridine rings is 2. The minimum atomic E-state index is -0.337. The van der Waals surface area contributed by atoms with Crippen LogP contribution in [0.1, 0.15) is 113 Å². The Morgan fingerprint density at radius 1 is 0.942 bits per heavy atom. The van der Waals surface area contributed by atoms with Crippen LogP contribution in [0.2, 0.25) is 0 Å². The molecule has 5 aromatic rings. The van der Waals surface area contributed by atoms with Crippen LogP contribution in [-0.4, -0.2) is 15.9 Å². The van der Waals surface area contributed by atoms with E-state index in [1.807, 2.05) is 52.3 Å². The fourth-order valence-electron chi connectivity index (χ4n) is 6.36. The third kappa shape index (κ3) is 9.61. The Kier molecular flexibility index (Phi) is 14.6. The fourth-order valence-corrected chi connectivity index (χ4v) is 7.22. The third-order valence-corrected chi connectivity index (χ3v) is 11.9. The smallest absolute Gasteiger partial charge is 0.164 e. The van der Waals surface area contributed by atoms with Crippen molar-refractivity contribution in [3.05, 3.63) is 102 Å². The molecule has 2 aromatic carbocycles. The van der Waals surface area contributed by atoms with E-state index in [9.17, 15) is 9.90 Å². The molecule has 6 heteroatoms. The Balaban J connectivity index is 0.000000347. The molecule has 0 aliphatic carbocycles. The van der Waals surface area contributed by atoms with Crippen molar-refractivity contribution in [2.75, 3.05) is 0 Å². The zero-order chi connectivity index (χ0) is 37.7. The minimum absolute atomic E-state index is 0. The number of hydrogen-bond donors (Lipinski definition) is 1. The standard InChI is InChI=1S/C31H31N2S.C15H28O2.Ir/c1-20(2)15-24-18-28(32-27-12-14-34-30(24)27)22-11-13-33(6)29(19-22)23-16-21-9-7-8-10-25(21)26(17-23)31(3,4)5;1-7-14(5,8-2)12(16)11-13(17)15(6,9-3)10-4;/h7-14,17-20H,6,15H2,1-5H3;11,16H,7-10H2,1-6H3;/q-1;;/b;12-11-;. The van der Waals surface area contributed by atoms with Crippen molar-refractivity contribution in [1.82, 2.24) is 4.98 Å². The summed E-state index contributed by atoms with van der Waals surface area (Å²) in [4.78, 5) is 17.2. The molecule has 0 saturated carbocycles. The van der Waals surface area contributed by atoms with Crippen LogP contribution in [0, 0.1) is 29.9 Å². The molecule has 5 rings (SSSR count). The van der Waals surface area contributed by atoms with Gasteiger partial charge in [0.05, 0.1) is 22.1 Å². The predicted octanol–water partition coefficient (Wildman–Crippen LogP) is 12.7. The maximum absolute atomic E-state index is 12.2. The molecule has 0 atom stereocenters. The van der Waals surface area contributed by atoms with Crippen LogP contribution in [-0.2, 0) is 36.7 Å². The van der Waals surface area contributed by atoms with E-state index in [0.717, 1.165) is 65.5 Å². The summed E-state index contributed by atoms with van der Waals surface area (Å²) in [7, 11) is 4.28. The Labute approximate surface area is 331 Å². The Morgan fingerprint density at radius 3 is 2.17 bits per heavy atom. The molecule has 3 heterocycles. The summed E-state index contributed by atoms with van der Waals surface area (Å²) in [6, 6.07) is 23.2. The number of fused-ring (bicyclic) bond motifs is 2. The van der Waals surface area contributed by atoms with E-state index < -0.39 is 0 Å². The van der Waals surface area contributed by atoms with E-state index >= 15 is 0 Å². The Hall–Kier alpha value is -3.31. The van der Waals surface area contributed by atoms with Gasteiger partial charge in [0.2, 0.25) is 0 Å².